The predicted molar refractivity (Wildman–Crippen MR) is 166 cm³/mol. The first-order valence-electron chi connectivity index (χ1n) is 14.8. The second-order valence-electron chi connectivity index (χ2n) is 11.3. The molecule has 1 aromatic rings. The van der Waals surface area contributed by atoms with E-state index >= 15 is 0 Å². The first-order valence-corrected chi connectivity index (χ1v) is 14.8. The first kappa shape index (κ1) is 40.4. The van der Waals surface area contributed by atoms with Crippen LogP contribution in [-0.2, 0) is 46.5 Å². The number of hydrogen-bond donors (Lipinski definition) is 8. The second kappa shape index (κ2) is 21.2. The van der Waals surface area contributed by atoms with E-state index in [1.165, 1.54) is 0 Å². The SMILES string of the molecule is CC(C)C[C@@H](N)C(=O)NNC(=O)Cc1ccc(CNC(=O)CN(CCN(CC(=O)O)CC(=O)O)CCN(CC(=O)O)CC(=O)O)cc1. The van der Waals surface area contributed by atoms with Crippen LogP contribution in [-0.4, -0.2) is 142 Å². The van der Waals surface area contributed by atoms with Crippen LogP contribution in [0.15, 0.2) is 24.3 Å². The standard InChI is InChI=1S/C29H45N7O11/c1-19(2)11-22(30)29(47)33-32-23(37)12-20-3-5-21(6-4-20)13-31-24(38)14-34(7-9-35(15-25(39)40)16-26(41)42)8-10-36(17-27(43)44)18-28(45)46/h3-6,19,22H,7-18,30H2,1-2H3,(H,31,38)(H,32,37)(H,33,47)(H,39,40)(H,41,42)(H,43,44)(H,45,46)/t22-/m1/s1. The fourth-order valence-electron chi connectivity index (χ4n) is 4.33. The van der Waals surface area contributed by atoms with Gasteiger partial charge in [0.05, 0.1) is 45.2 Å². The highest BCUT2D eigenvalue weighted by Crippen LogP contribution is 2.06. The summed E-state index contributed by atoms with van der Waals surface area (Å²) >= 11 is 0. The molecule has 0 spiro atoms. The minimum atomic E-state index is -1.25. The lowest BCUT2D eigenvalue weighted by Gasteiger charge is -2.28. The topological polar surface area (TPSA) is 272 Å². The molecule has 0 unspecified atom stereocenters. The maximum Gasteiger partial charge on any atom is 0.317 e. The van der Waals surface area contributed by atoms with Crippen molar-refractivity contribution in [2.24, 2.45) is 11.7 Å². The number of carboxylic acid groups (broad SMARTS) is 4. The van der Waals surface area contributed by atoms with Crippen molar-refractivity contribution in [3.63, 3.8) is 0 Å². The monoisotopic (exact) mass is 667 g/mol. The molecule has 0 aliphatic heterocycles. The molecule has 0 saturated heterocycles. The van der Waals surface area contributed by atoms with Crippen molar-refractivity contribution in [2.75, 3.05) is 58.9 Å². The lowest BCUT2D eigenvalue weighted by Crippen LogP contribution is -2.50. The Morgan fingerprint density at radius 2 is 1.06 bits per heavy atom. The summed E-state index contributed by atoms with van der Waals surface area (Å²) in [5.41, 5.74) is 11.8. The minimum Gasteiger partial charge on any atom is -0.480 e. The average Bonchev–Trinajstić information content (AvgIpc) is 2.95. The average molecular weight is 668 g/mol. The van der Waals surface area contributed by atoms with Gasteiger partial charge in [-0.05, 0) is 23.5 Å². The number of benzene rings is 1. The van der Waals surface area contributed by atoms with Gasteiger partial charge in [-0.2, -0.15) is 0 Å². The van der Waals surface area contributed by atoms with E-state index in [0.29, 0.717) is 17.5 Å². The van der Waals surface area contributed by atoms with Crippen molar-refractivity contribution >= 4 is 41.6 Å². The van der Waals surface area contributed by atoms with Crippen LogP contribution in [0.25, 0.3) is 0 Å². The highest BCUT2D eigenvalue weighted by Gasteiger charge is 2.20. The third kappa shape index (κ3) is 19.5. The molecular formula is C29H45N7O11. The molecule has 0 aliphatic rings. The zero-order chi connectivity index (χ0) is 35.5. The van der Waals surface area contributed by atoms with E-state index in [4.69, 9.17) is 26.2 Å². The zero-order valence-electron chi connectivity index (χ0n) is 26.5. The third-order valence-corrected chi connectivity index (χ3v) is 6.53. The van der Waals surface area contributed by atoms with Gasteiger partial charge in [0.1, 0.15) is 0 Å². The molecule has 0 aromatic heterocycles. The summed E-state index contributed by atoms with van der Waals surface area (Å²) in [4.78, 5) is 85.5. The molecule has 1 atom stereocenters. The second-order valence-corrected chi connectivity index (χ2v) is 11.3. The first-order chi connectivity index (χ1) is 22.0. The molecule has 3 amide bonds. The van der Waals surface area contributed by atoms with Gasteiger partial charge >= 0.3 is 23.9 Å². The molecule has 1 aromatic carbocycles. The number of amides is 3. The summed E-state index contributed by atoms with van der Waals surface area (Å²) in [6, 6.07) is 6.01. The van der Waals surface area contributed by atoms with Crippen LogP contribution in [0.4, 0.5) is 0 Å². The number of hydrazine groups is 1. The van der Waals surface area contributed by atoms with E-state index in [0.717, 1.165) is 9.80 Å². The number of nitrogens with two attached hydrogens (primary N) is 1. The number of carbonyl (C=O) groups excluding carboxylic acids is 3. The molecular weight excluding hydrogens is 622 g/mol. The third-order valence-electron chi connectivity index (χ3n) is 6.53. The van der Waals surface area contributed by atoms with E-state index in [2.05, 4.69) is 16.2 Å². The number of aliphatic carboxylic acids is 4. The highest BCUT2D eigenvalue weighted by atomic mass is 16.4. The van der Waals surface area contributed by atoms with Gasteiger partial charge < -0.3 is 31.5 Å². The van der Waals surface area contributed by atoms with Crippen molar-refractivity contribution in [3.05, 3.63) is 35.4 Å². The van der Waals surface area contributed by atoms with Crippen molar-refractivity contribution in [3.8, 4) is 0 Å². The van der Waals surface area contributed by atoms with Gasteiger partial charge in [0.25, 0.3) is 5.91 Å². The van der Waals surface area contributed by atoms with Crippen LogP contribution in [0, 0.1) is 5.92 Å². The molecule has 1 rings (SSSR count). The van der Waals surface area contributed by atoms with Crippen LogP contribution in [0.3, 0.4) is 0 Å². The van der Waals surface area contributed by atoms with Crippen LogP contribution in [0.1, 0.15) is 31.4 Å². The van der Waals surface area contributed by atoms with Gasteiger partial charge in [0.15, 0.2) is 0 Å². The molecule has 0 bridgehead atoms. The Kier molecular flexibility index (Phi) is 18.2. The summed E-state index contributed by atoms with van der Waals surface area (Å²) in [5.74, 6) is -6.16. The van der Waals surface area contributed by atoms with Gasteiger partial charge in [0.2, 0.25) is 11.8 Å². The smallest absolute Gasteiger partial charge is 0.317 e. The number of carboxylic acids is 4. The largest absolute Gasteiger partial charge is 0.480 e. The Balaban J connectivity index is 2.77. The van der Waals surface area contributed by atoms with E-state index in [1.54, 1.807) is 29.2 Å². The molecule has 47 heavy (non-hydrogen) atoms. The number of carbonyl (C=O) groups is 7. The number of nitrogens with zero attached hydrogens (tertiary/aromatic N) is 3. The Morgan fingerprint density at radius 3 is 1.49 bits per heavy atom. The molecule has 262 valence electrons. The molecule has 18 heteroatoms. The van der Waals surface area contributed by atoms with Gasteiger partial charge in [-0.25, -0.2) is 0 Å². The molecule has 0 saturated carbocycles. The van der Waals surface area contributed by atoms with Gasteiger partial charge in [0, 0.05) is 32.7 Å². The van der Waals surface area contributed by atoms with E-state index < -0.39 is 73.8 Å². The fourth-order valence-corrected chi connectivity index (χ4v) is 4.33. The van der Waals surface area contributed by atoms with Crippen LogP contribution >= 0.6 is 0 Å². The van der Waals surface area contributed by atoms with E-state index in [-0.39, 0.29) is 51.6 Å². The van der Waals surface area contributed by atoms with Gasteiger partial charge in [-0.3, -0.25) is 59.1 Å². The minimum absolute atomic E-state index is 0.0250. The molecule has 0 fully saturated rings. The molecule has 0 aliphatic carbocycles. The van der Waals surface area contributed by atoms with Crippen molar-refractivity contribution in [1.29, 1.82) is 0 Å². The van der Waals surface area contributed by atoms with Crippen LogP contribution in [0.5, 0.6) is 0 Å². The normalized spacial score (nSPS) is 11.8. The Bertz CT molecular complexity index is 1160. The van der Waals surface area contributed by atoms with Crippen molar-refractivity contribution in [2.45, 2.75) is 39.3 Å². The Morgan fingerprint density at radius 1 is 0.638 bits per heavy atom. The van der Waals surface area contributed by atoms with E-state index in [1.807, 2.05) is 13.8 Å². The fraction of sp³-hybridized carbons (Fsp3) is 0.552. The highest BCUT2D eigenvalue weighted by molar-refractivity contribution is 5.85. The van der Waals surface area contributed by atoms with Crippen molar-refractivity contribution in [1.82, 2.24) is 30.9 Å². The number of rotatable bonds is 23. The maximum absolute atomic E-state index is 12.8. The lowest BCUT2D eigenvalue weighted by atomic mass is 10.0. The maximum atomic E-state index is 12.8. The van der Waals surface area contributed by atoms with Crippen molar-refractivity contribution < 1.29 is 54.0 Å². The van der Waals surface area contributed by atoms with Crippen LogP contribution < -0.4 is 21.9 Å². The summed E-state index contributed by atoms with van der Waals surface area (Å²) < 4.78 is 0. The molecule has 0 radical (unpaired) electrons. The summed E-state index contributed by atoms with van der Waals surface area (Å²) in [7, 11) is 0. The van der Waals surface area contributed by atoms with Gasteiger partial charge in [-0.15, -0.1) is 0 Å². The summed E-state index contributed by atoms with van der Waals surface area (Å²) in [5, 5.41) is 39.2. The molecule has 0 heterocycles. The lowest BCUT2D eigenvalue weighted by molar-refractivity contribution is -0.143. The summed E-state index contributed by atoms with van der Waals surface area (Å²) in [6.45, 7) is 1.45. The Hall–Kier alpha value is -4.65. The van der Waals surface area contributed by atoms with Crippen LogP contribution in [0.2, 0.25) is 0 Å². The molecule has 18 nitrogen and oxygen atoms in total. The van der Waals surface area contributed by atoms with Gasteiger partial charge in [-0.1, -0.05) is 38.1 Å². The van der Waals surface area contributed by atoms with E-state index in [9.17, 15) is 33.6 Å². The summed E-state index contributed by atoms with van der Waals surface area (Å²) in [6.07, 6.45) is 0.441. The number of hydrogen-bond acceptors (Lipinski definition) is 11. The molecule has 9 N–H and O–H groups in total. The predicted octanol–water partition coefficient (Wildman–Crippen LogP) is -2.39. The zero-order valence-corrected chi connectivity index (χ0v) is 26.5. The Labute approximate surface area is 271 Å². The quantitative estimate of drug-likeness (QED) is 0.0566. The number of nitrogens with one attached hydrogen (secondary N) is 3.